The number of nitrogens with one attached hydrogen (secondary N) is 2. The normalized spacial score (nSPS) is 12.8. The van der Waals surface area contributed by atoms with Crippen LogP contribution in [0.2, 0.25) is 0 Å². The third-order valence-corrected chi connectivity index (χ3v) is 5.32. The summed E-state index contributed by atoms with van der Waals surface area (Å²) in [6.45, 7) is 1.19. The SMILES string of the molecule is CN(CC(=O)NC(=O)Nc1ccc2c(c1)OCCCO2)C(c1ccccc1)c1ccccc1. The molecule has 7 heteroatoms. The van der Waals surface area contributed by atoms with Crippen molar-refractivity contribution in [2.24, 2.45) is 0 Å². The second kappa shape index (κ2) is 10.7. The number of amides is 3. The zero-order chi connectivity index (χ0) is 23.0. The molecule has 0 bridgehead atoms. The molecule has 2 N–H and O–H groups in total. The van der Waals surface area contributed by atoms with E-state index in [2.05, 4.69) is 10.6 Å². The third-order valence-electron chi connectivity index (χ3n) is 5.32. The smallest absolute Gasteiger partial charge is 0.325 e. The number of imide groups is 1. The first-order valence-electron chi connectivity index (χ1n) is 10.9. The van der Waals surface area contributed by atoms with Crippen LogP contribution >= 0.6 is 0 Å². The number of hydrogen-bond donors (Lipinski definition) is 2. The molecule has 0 saturated heterocycles. The Labute approximate surface area is 193 Å². The first-order chi connectivity index (χ1) is 16.1. The lowest BCUT2D eigenvalue weighted by atomic mass is 9.97. The Kier molecular flexibility index (Phi) is 7.22. The van der Waals surface area contributed by atoms with Crippen LogP contribution in [0.3, 0.4) is 0 Å². The molecule has 0 aliphatic carbocycles. The van der Waals surface area contributed by atoms with Gasteiger partial charge in [0.25, 0.3) is 0 Å². The van der Waals surface area contributed by atoms with Crippen molar-refractivity contribution in [1.82, 2.24) is 10.2 Å². The minimum Gasteiger partial charge on any atom is -0.490 e. The summed E-state index contributed by atoms with van der Waals surface area (Å²) in [5.74, 6) is 0.815. The number of likely N-dealkylation sites (N-methyl/N-ethyl adjacent to an activating group) is 1. The Morgan fingerprint density at radius 1 is 0.879 bits per heavy atom. The van der Waals surface area contributed by atoms with E-state index in [9.17, 15) is 9.59 Å². The third kappa shape index (κ3) is 5.90. The lowest BCUT2D eigenvalue weighted by Gasteiger charge is -2.28. The summed E-state index contributed by atoms with van der Waals surface area (Å²) in [6.07, 6.45) is 0.799. The number of urea groups is 1. The molecule has 0 radical (unpaired) electrons. The van der Waals surface area contributed by atoms with Gasteiger partial charge in [0, 0.05) is 18.2 Å². The fourth-order valence-electron chi connectivity index (χ4n) is 3.86. The van der Waals surface area contributed by atoms with E-state index in [0.717, 1.165) is 17.5 Å². The minimum atomic E-state index is -0.598. The average Bonchev–Trinajstić information content (AvgIpc) is 3.05. The standard InChI is InChI=1S/C26H27N3O4/c1-29(25(19-9-4-2-5-10-19)20-11-6-3-7-12-20)18-24(30)28-26(31)27-21-13-14-22-23(17-21)33-16-8-15-32-22/h2-7,9-14,17,25H,8,15-16,18H2,1H3,(H2,27,28,30,31). The van der Waals surface area contributed by atoms with Gasteiger partial charge in [-0.1, -0.05) is 60.7 Å². The van der Waals surface area contributed by atoms with Gasteiger partial charge in [0.05, 0.1) is 25.8 Å². The number of rotatable bonds is 6. The molecule has 33 heavy (non-hydrogen) atoms. The summed E-state index contributed by atoms with van der Waals surface area (Å²) in [5.41, 5.74) is 2.65. The van der Waals surface area contributed by atoms with Crippen LogP contribution in [0.25, 0.3) is 0 Å². The number of carbonyl (C=O) groups is 2. The van der Waals surface area contributed by atoms with Gasteiger partial charge in [-0.3, -0.25) is 15.0 Å². The number of anilines is 1. The zero-order valence-electron chi connectivity index (χ0n) is 18.5. The molecule has 0 unspecified atom stereocenters. The number of ether oxygens (including phenoxy) is 2. The van der Waals surface area contributed by atoms with Gasteiger partial charge in [-0.05, 0) is 30.3 Å². The first kappa shape index (κ1) is 22.4. The van der Waals surface area contributed by atoms with Crippen LogP contribution in [-0.2, 0) is 4.79 Å². The molecule has 1 aliphatic heterocycles. The number of hydrogen-bond acceptors (Lipinski definition) is 5. The van der Waals surface area contributed by atoms with Gasteiger partial charge >= 0.3 is 6.03 Å². The number of carbonyl (C=O) groups excluding carboxylic acids is 2. The molecule has 0 fully saturated rings. The fraction of sp³-hybridized carbons (Fsp3) is 0.231. The van der Waals surface area contributed by atoms with Crippen molar-refractivity contribution in [2.45, 2.75) is 12.5 Å². The van der Waals surface area contributed by atoms with Gasteiger partial charge in [-0.25, -0.2) is 4.79 Å². The van der Waals surface area contributed by atoms with Crippen LogP contribution in [0, 0.1) is 0 Å². The van der Waals surface area contributed by atoms with Crippen molar-refractivity contribution in [3.8, 4) is 11.5 Å². The largest absolute Gasteiger partial charge is 0.490 e. The molecule has 1 aliphatic rings. The predicted molar refractivity (Wildman–Crippen MR) is 127 cm³/mol. The summed E-state index contributed by atoms with van der Waals surface area (Å²) < 4.78 is 11.2. The highest BCUT2D eigenvalue weighted by Crippen LogP contribution is 2.32. The van der Waals surface area contributed by atoms with E-state index in [-0.39, 0.29) is 12.6 Å². The minimum absolute atomic E-state index is 0.0447. The maximum Gasteiger partial charge on any atom is 0.325 e. The quantitative estimate of drug-likeness (QED) is 0.594. The molecule has 7 nitrogen and oxygen atoms in total. The van der Waals surface area contributed by atoms with Crippen molar-refractivity contribution in [3.63, 3.8) is 0 Å². The molecule has 3 amide bonds. The van der Waals surface area contributed by atoms with Crippen LogP contribution in [0.5, 0.6) is 11.5 Å². The maximum absolute atomic E-state index is 12.6. The molecule has 3 aromatic rings. The van der Waals surface area contributed by atoms with Gasteiger partial charge in [0.15, 0.2) is 11.5 Å². The molecule has 1 heterocycles. The Balaban J connectivity index is 1.39. The van der Waals surface area contributed by atoms with Crippen LogP contribution in [0.15, 0.2) is 78.9 Å². The molecule has 4 rings (SSSR count). The lowest BCUT2D eigenvalue weighted by molar-refractivity contribution is -0.121. The van der Waals surface area contributed by atoms with Gasteiger partial charge in [-0.2, -0.15) is 0 Å². The van der Waals surface area contributed by atoms with E-state index in [1.54, 1.807) is 18.2 Å². The van der Waals surface area contributed by atoms with Crippen LogP contribution < -0.4 is 20.1 Å². The summed E-state index contributed by atoms with van der Waals surface area (Å²) in [5, 5.41) is 5.09. The van der Waals surface area contributed by atoms with Crippen molar-refractivity contribution >= 4 is 17.6 Å². The Morgan fingerprint density at radius 2 is 1.48 bits per heavy atom. The maximum atomic E-state index is 12.6. The molecule has 0 aromatic heterocycles. The first-order valence-corrected chi connectivity index (χ1v) is 10.9. The second-order valence-electron chi connectivity index (χ2n) is 7.85. The highest BCUT2D eigenvalue weighted by Gasteiger charge is 2.22. The molecule has 170 valence electrons. The molecule has 0 spiro atoms. The van der Waals surface area contributed by atoms with Crippen molar-refractivity contribution < 1.29 is 19.1 Å². The van der Waals surface area contributed by atoms with E-state index in [4.69, 9.17) is 9.47 Å². The molecule has 3 aromatic carbocycles. The van der Waals surface area contributed by atoms with E-state index in [1.807, 2.05) is 72.6 Å². The van der Waals surface area contributed by atoms with E-state index in [1.165, 1.54) is 0 Å². The van der Waals surface area contributed by atoms with Gasteiger partial charge in [0.1, 0.15) is 0 Å². The highest BCUT2D eigenvalue weighted by molar-refractivity contribution is 6.01. The predicted octanol–water partition coefficient (Wildman–Crippen LogP) is 4.22. The average molecular weight is 446 g/mol. The molecular weight excluding hydrogens is 418 g/mol. The monoisotopic (exact) mass is 445 g/mol. The van der Waals surface area contributed by atoms with Crippen LogP contribution in [-0.4, -0.2) is 43.6 Å². The van der Waals surface area contributed by atoms with E-state index in [0.29, 0.717) is 30.4 Å². The zero-order valence-corrected chi connectivity index (χ0v) is 18.5. The summed E-state index contributed by atoms with van der Waals surface area (Å²) in [7, 11) is 1.87. The van der Waals surface area contributed by atoms with Gasteiger partial charge < -0.3 is 14.8 Å². The topological polar surface area (TPSA) is 79.9 Å². The van der Waals surface area contributed by atoms with Gasteiger partial charge in [-0.15, -0.1) is 0 Å². The molecule has 0 saturated carbocycles. The number of fused-ring (bicyclic) bond motifs is 1. The Morgan fingerprint density at radius 3 is 2.12 bits per heavy atom. The number of nitrogens with zero attached hydrogens (tertiary/aromatic N) is 1. The summed E-state index contributed by atoms with van der Waals surface area (Å²) in [6, 6.07) is 24.4. The lowest BCUT2D eigenvalue weighted by Crippen LogP contribution is -2.41. The summed E-state index contributed by atoms with van der Waals surface area (Å²) >= 11 is 0. The molecular formula is C26H27N3O4. The molecule has 0 atom stereocenters. The number of benzene rings is 3. The van der Waals surface area contributed by atoms with E-state index < -0.39 is 11.9 Å². The second-order valence-corrected chi connectivity index (χ2v) is 7.85. The summed E-state index contributed by atoms with van der Waals surface area (Å²) in [4.78, 5) is 27.0. The van der Waals surface area contributed by atoms with Crippen LogP contribution in [0.4, 0.5) is 10.5 Å². The van der Waals surface area contributed by atoms with Crippen molar-refractivity contribution in [3.05, 3.63) is 90.0 Å². The van der Waals surface area contributed by atoms with Crippen molar-refractivity contribution in [2.75, 3.05) is 32.1 Å². The highest BCUT2D eigenvalue weighted by atomic mass is 16.5. The fourth-order valence-corrected chi connectivity index (χ4v) is 3.86. The Hall–Kier alpha value is -3.84. The Bertz CT molecular complexity index is 1050. The van der Waals surface area contributed by atoms with E-state index >= 15 is 0 Å². The van der Waals surface area contributed by atoms with Crippen molar-refractivity contribution in [1.29, 1.82) is 0 Å². The van der Waals surface area contributed by atoms with Crippen LogP contribution in [0.1, 0.15) is 23.6 Å². The van der Waals surface area contributed by atoms with Gasteiger partial charge in [0.2, 0.25) is 5.91 Å².